The Balaban J connectivity index is 1.43. The minimum absolute atomic E-state index is 0.123. The van der Waals surface area contributed by atoms with Gasteiger partial charge in [-0.25, -0.2) is 12.7 Å². The summed E-state index contributed by atoms with van der Waals surface area (Å²) >= 11 is 0. The summed E-state index contributed by atoms with van der Waals surface area (Å²) in [5.41, 5.74) is -0.123. The molecule has 0 N–H and O–H groups in total. The molecular weight excluding hydrogens is 342 g/mol. The van der Waals surface area contributed by atoms with Crippen LogP contribution in [-0.4, -0.2) is 70.2 Å². The number of piperidine rings is 1. The van der Waals surface area contributed by atoms with Crippen molar-refractivity contribution in [2.24, 2.45) is 11.8 Å². The molecule has 3 rings (SSSR count). The molecule has 3 aliphatic heterocycles. The zero-order chi connectivity index (χ0) is 17.8. The van der Waals surface area contributed by atoms with Crippen molar-refractivity contribution >= 4 is 10.0 Å². The van der Waals surface area contributed by atoms with Crippen LogP contribution in [0.3, 0.4) is 0 Å². The summed E-state index contributed by atoms with van der Waals surface area (Å²) in [6.45, 7) is 7.05. The van der Waals surface area contributed by atoms with Crippen LogP contribution in [0.5, 0.6) is 0 Å². The monoisotopic (exact) mass is 375 g/mol. The molecule has 6 nitrogen and oxygen atoms in total. The molecule has 3 saturated heterocycles. The summed E-state index contributed by atoms with van der Waals surface area (Å²) in [6, 6.07) is 0. The molecule has 1 atom stereocenters. The third-order valence-electron chi connectivity index (χ3n) is 6.23. The fourth-order valence-electron chi connectivity index (χ4n) is 4.46. The van der Waals surface area contributed by atoms with Crippen LogP contribution in [0.15, 0.2) is 0 Å². The Labute approximate surface area is 152 Å². The number of hydrogen-bond donors (Lipinski definition) is 0. The van der Waals surface area contributed by atoms with E-state index in [9.17, 15) is 8.42 Å². The molecule has 25 heavy (non-hydrogen) atoms. The van der Waals surface area contributed by atoms with Gasteiger partial charge in [0, 0.05) is 46.1 Å². The van der Waals surface area contributed by atoms with Crippen LogP contribution in [-0.2, 0) is 24.2 Å². The van der Waals surface area contributed by atoms with E-state index >= 15 is 0 Å². The standard InChI is InChI=1S/C18H33NO5S/c1-2-25(20,21)19-9-7-18(8-10-19)17(6-14-24-18)5-13-23-15-16-3-11-22-12-4-16/h16-17H,2-15H2,1H3/t17-/m1/s1. The molecule has 0 aromatic rings. The minimum atomic E-state index is -3.08. The second kappa shape index (κ2) is 8.65. The maximum absolute atomic E-state index is 12.1. The van der Waals surface area contributed by atoms with Gasteiger partial charge in [-0.15, -0.1) is 0 Å². The first kappa shape index (κ1) is 19.5. The maximum atomic E-state index is 12.1. The van der Waals surface area contributed by atoms with Crippen LogP contribution in [0, 0.1) is 11.8 Å². The summed E-state index contributed by atoms with van der Waals surface area (Å²) in [7, 11) is -3.08. The quantitative estimate of drug-likeness (QED) is 0.637. The van der Waals surface area contributed by atoms with E-state index in [2.05, 4.69) is 0 Å². The molecule has 0 bridgehead atoms. The van der Waals surface area contributed by atoms with Gasteiger partial charge in [-0.05, 0) is 57.3 Å². The molecule has 3 heterocycles. The summed E-state index contributed by atoms with van der Waals surface area (Å²) in [6.07, 6.45) is 5.94. The largest absolute Gasteiger partial charge is 0.381 e. The van der Waals surface area contributed by atoms with E-state index in [1.165, 1.54) is 0 Å². The molecule has 146 valence electrons. The number of rotatable bonds is 7. The van der Waals surface area contributed by atoms with Crippen LogP contribution >= 0.6 is 0 Å². The lowest BCUT2D eigenvalue weighted by atomic mass is 9.78. The number of hydrogen-bond acceptors (Lipinski definition) is 5. The van der Waals surface area contributed by atoms with E-state index in [-0.39, 0.29) is 11.4 Å². The van der Waals surface area contributed by atoms with Crippen LogP contribution in [0.25, 0.3) is 0 Å². The lowest BCUT2D eigenvalue weighted by molar-refractivity contribution is -0.0629. The predicted octanol–water partition coefficient (Wildman–Crippen LogP) is 2.04. The molecule has 3 fully saturated rings. The van der Waals surface area contributed by atoms with E-state index in [1.54, 1.807) is 11.2 Å². The average molecular weight is 376 g/mol. The Hall–Kier alpha value is -0.210. The van der Waals surface area contributed by atoms with Crippen molar-refractivity contribution in [2.45, 2.75) is 51.0 Å². The first-order valence-corrected chi connectivity index (χ1v) is 11.4. The van der Waals surface area contributed by atoms with E-state index in [0.717, 1.165) is 71.6 Å². The fourth-order valence-corrected chi connectivity index (χ4v) is 5.56. The molecule has 0 aromatic heterocycles. The molecule has 0 saturated carbocycles. The Kier molecular flexibility index (Phi) is 6.77. The van der Waals surface area contributed by atoms with Crippen molar-refractivity contribution in [3.05, 3.63) is 0 Å². The van der Waals surface area contributed by atoms with Crippen LogP contribution in [0.1, 0.15) is 45.4 Å². The van der Waals surface area contributed by atoms with Gasteiger partial charge in [-0.3, -0.25) is 0 Å². The van der Waals surface area contributed by atoms with Gasteiger partial charge in [-0.2, -0.15) is 0 Å². The van der Waals surface area contributed by atoms with Gasteiger partial charge in [0.15, 0.2) is 0 Å². The molecule has 0 amide bonds. The second-order valence-electron chi connectivity index (χ2n) is 7.62. The summed E-state index contributed by atoms with van der Waals surface area (Å²) in [5, 5.41) is 0. The Morgan fingerprint density at radius 3 is 2.52 bits per heavy atom. The molecular formula is C18H33NO5S. The molecule has 0 aromatic carbocycles. The van der Waals surface area contributed by atoms with E-state index in [4.69, 9.17) is 14.2 Å². The highest BCUT2D eigenvalue weighted by atomic mass is 32.2. The average Bonchev–Trinajstić information content (AvgIpc) is 3.02. The van der Waals surface area contributed by atoms with Crippen molar-refractivity contribution in [2.75, 3.05) is 51.9 Å². The predicted molar refractivity (Wildman–Crippen MR) is 96.0 cm³/mol. The molecule has 3 aliphatic rings. The van der Waals surface area contributed by atoms with Gasteiger partial charge in [0.2, 0.25) is 10.0 Å². The zero-order valence-electron chi connectivity index (χ0n) is 15.5. The Bertz CT molecular complexity index is 510. The lowest BCUT2D eigenvalue weighted by Crippen LogP contribution is -2.49. The topological polar surface area (TPSA) is 65.1 Å². The molecule has 0 radical (unpaired) electrons. The summed E-state index contributed by atoms with van der Waals surface area (Å²) in [5.74, 6) is 1.32. The number of ether oxygens (including phenoxy) is 3. The summed E-state index contributed by atoms with van der Waals surface area (Å²) in [4.78, 5) is 0. The minimum Gasteiger partial charge on any atom is -0.381 e. The van der Waals surface area contributed by atoms with E-state index in [0.29, 0.717) is 24.9 Å². The molecule has 0 aliphatic carbocycles. The second-order valence-corrected chi connectivity index (χ2v) is 9.88. The SMILES string of the molecule is CCS(=O)(=O)N1CCC2(CC1)OCC[C@H]2CCOCC1CCOCC1. The van der Waals surface area contributed by atoms with Gasteiger partial charge in [0.1, 0.15) is 0 Å². The van der Waals surface area contributed by atoms with E-state index < -0.39 is 10.0 Å². The fraction of sp³-hybridized carbons (Fsp3) is 1.00. The van der Waals surface area contributed by atoms with Crippen LogP contribution < -0.4 is 0 Å². The third-order valence-corrected chi connectivity index (χ3v) is 8.11. The maximum Gasteiger partial charge on any atom is 0.213 e. The van der Waals surface area contributed by atoms with Gasteiger partial charge < -0.3 is 14.2 Å². The van der Waals surface area contributed by atoms with Gasteiger partial charge >= 0.3 is 0 Å². The zero-order valence-corrected chi connectivity index (χ0v) is 16.3. The lowest BCUT2D eigenvalue weighted by Gasteiger charge is -2.41. The van der Waals surface area contributed by atoms with Gasteiger partial charge in [-0.1, -0.05) is 0 Å². The number of nitrogens with zero attached hydrogens (tertiary/aromatic N) is 1. The summed E-state index contributed by atoms with van der Waals surface area (Å²) < 4.78 is 43.2. The molecule has 0 unspecified atom stereocenters. The Morgan fingerprint density at radius 1 is 1.12 bits per heavy atom. The number of sulfonamides is 1. The highest BCUT2D eigenvalue weighted by molar-refractivity contribution is 7.89. The van der Waals surface area contributed by atoms with Crippen molar-refractivity contribution < 1.29 is 22.6 Å². The smallest absolute Gasteiger partial charge is 0.213 e. The van der Waals surface area contributed by atoms with E-state index in [1.807, 2.05) is 0 Å². The highest BCUT2D eigenvalue weighted by Crippen LogP contribution is 2.42. The molecule has 1 spiro atoms. The van der Waals surface area contributed by atoms with Crippen molar-refractivity contribution in [3.63, 3.8) is 0 Å². The van der Waals surface area contributed by atoms with Crippen molar-refractivity contribution in [1.29, 1.82) is 0 Å². The third kappa shape index (κ3) is 4.75. The van der Waals surface area contributed by atoms with Crippen LogP contribution in [0.4, 0.5) is 0 Å². The Morgan fingerprint density at radius 2 is 1.84 bits per heavy atom. The first-order valence-electron chi connectivity index (χ1n) is 9.83. The van der Waals surface area contributed by atoms with Crippen molar-refractivity contribution in [3.8, 4) is 0 Å². The molecule has 7 heteroatoms. The van der Waals surface area contributed by atoms with Crippen molar-refractivity contribution in [1.82, 2.24) is 4.31 Å². The van der Waals surface area contributed by atoms with Gasteiger partial charge in [0.05, 0.1) is 11.4 Å². The highest BCUT2D eigenvalue weighted by Gasteiger charge is 2.47. The normalized spacial score (nSPS) is 28.6. The first-order chi connectivity index (χ1) is 12.1. The van der Waals surface area contributed by atoms with Crippen LogP contribution in [0.2, 0.25) is 0 Å². The van der Waals surface area contributed by atoms with Gasteiger partial charge in [0.25, 0.3) is 0 Å².